The number of carbonyl (C=O) groups excluding carboxylic acids is 1. The van der Waals surface area contributed by atoms with Gasteiger partial charge in [0.15, 0.2) is 5.82 Å². The van der Waals surface area contributed by atoms with Crippen molar-refractivity contribution in [1.82, 2.24) is 4.98 Å². The number of carbonyl (C=O) groups is 1. The van der Waals surface area contributed by atoms with Gasteiger partial charge in [-0.25, -0.2) is 22.9 Å². The number of aromatic nitrogens is 1. The fourth-order valence-electron chi connectivity index (χ4n) is 2.61. The Hall–Kier alpha value is -3.12. The molecular formula is C21H13ClF3NO2. The molecule has 0 radical (unpaired) electrons. The maximum atomic E-state index is 15.0. The molecule has 0 N–H and O–H groups in total. The summed E-state index contributed by atoms with van der Waals surface area (Å²) in [6, 6.07) is 11.4. The van der Waals surface area contributed by atoms with E-state index in [1.807, 2.05) is 0 Å². The lowest BCUT2D eigenvalue weighted by atomic mass is 10.00. The first-order valence-corrected chi connectivity index (χ1v) is 8.39. The number of rotatable bonds is 4. The summed E-state index contributed by atoms with van der Waals surface area (Å²) in [4.78, 5) is 16.2. The highest BCUT2D eigenvalue weighted by molar-refractivity contribution is 6.31. The van der Waals surface area contributed by atoms with Crippen LogP contribution in [0, 0.1) is 17.5 Å². The molecule has 3 aromatic rings. The molecule has 0 aliphatic rings. The Balaban J connectivity index is 2.27. The molecule has 1 heterocycles. The van der Waals surface area contributed by atoms with Gasteiger partial charge < -0.3 is 4.74 Å². The maximum absolute atomic E-state index is 15.0. The molecule has 3 nitrogen and oxygen atoms in total. The molecular weight excluding hydrogens is 391 g/mol. The van der Waals surface area contributed by atoms with Crippen molar-refractivity contribution in [2.75, 3.05) is 7.11 Å². The van der Waals surface area contributed by atoms with Crippen LogP contribution in [0.2, 0.25) is 5.02 Å². The van der Waals surface area contributed by atoms with Crippen LogP contribution >= 0.6 is 11.6 Å². The van der Waals surface area contributed by atoms with Crippen molar-refractivity contribution < 1.29 is 22.7 Å². The van der Waals surface area contributed by atoms with Gasteiger partial charge in [-0.3, -0.25) is 0 Å². The van der Waals surface area contributed by atoms with Crippen molar-refractivity contribution in [3.05, 3.63) is 94.4 Å². The van der Waals surface area contributed by atoms with Crippen LogP contribution in [0.3, 0.4) is 0 Å². The number of methoxy groups -OCH3 is 1. The number of ether oxygens (including phenoxy) is 1. The van der Waals surface area contributed by atoms with Crippen LogP contribution in [0.5, 0.6) is 0 Å². The van der Waals surface area contributed by atoms with Gasteiger partial charge in [0.05, 0.1) is 23.4 Å². The summed E-state index contributed by atoms with van der Waals surface area (Å²) in [5, 5.41) is -0.412. The average Bonchev–Trinajstić information content (AvgIpc) is 2.70. The van der Waals surface area contributed by atoms with Gasteiger partial charge in [0.25, 0.3) is 0 Å². The molecule has 0 spiro atoms. The summed E-state index contributed by atoms with van der Waals surface area (Å²) in [7, 11) is 1.09. The lowest BCUT2D eigenvalue weighted by Crippen LogP contribution is -2.09. The van der Waals surface area contributed by atoms with E-state index in [-0.39, 0.29) is 5.69 Å². The first-order chi connectivity index (χ1) is 13.3. The number of halogens is 4. The molecule has 0 amide bonds. The van der Waals surface area contributed by atoms with Crippen molar-refractivity contribution in [3.63, 3.8) is 0 Å². The van der Waals surface area contributed by atoms with Crippen LogP contribution in [0.25, 0.3) is 16.8 Å². The van der Waals surface area contributed by atoms with Gasteiger partial charge in [-0.1, -0.05) is 48.5 Å². The molecule has 0 unspecified atom stereocenters. The number of hydrogen-bond acceptors (Lipinski definition) is 3. The highest BCUT2D eigenvalue weighted by Crippen LogP contribution is 2.32. The quantitative estimate of drug-likeness (QED) is 0.416. The van der Waals surface area contributed by atoms with Crippen molar-refractivity contribution in [1.29, 1.82) is 0 Å². The first kappa shape index (κ1) is 19.6. The largest absolute Gasteiger partial charge is 0.465 e. The first-order valence-electron chi connectivity index (χ1n) is 8.02. The number of benzene rings is 2. The topological polar surface area (TPSA) is 39.2 Å². The molecule has 142 valence electrons. The zero-order valence-corrected chi connectivity index (χ0v) is 15.4. The van der Waals surface area contributed by atoms with E-state index in [0.29, 0.717) is 17.2 Å². The van der Waals surface area contributed by atoms with Crippen LogP contribution in [-0.2, 0) is 4.74 Å². The second kappa shape index (κ2) is 7.86. The van der Waals surface area contributed by atoms with Crippen LogP contribution < -0.4 is 0 Å². The van der Waals surface area contributed by atoms with Crippen LogP contribution in [0.1, 0.15) is 21.6 Å². The molecule has 0 aliphatic carbocycles. The lowest BCUT2D eigenvalue weighted by molar-refractivity contribution is 0.0595. The summed E-state index contributed by atoms with van der Waals surface area (Å²) in [5.41, 5.74) is -0.185. The van der Waals surface area contributed by atoms with E-state index in [4.69, 9.17) is 11.6 Å². The van der Waals surface area contributed by atoms with Gasteiger partial charge in [-0.2, -0.15) is 0 Å². The summed E-state index contributed by atoms with van der Waals surface area (Å²) in [6.45, 7) is 3.92. The number of hydrogen-bond donors (Lipinski definition) is 0. The van der Waals surface area contributed by atoms with Crippen molar-refractivity contribution in [2.45, 2.75) is 0 Å². The Labute approximate surface area is 164 Å². The minimum absolute atomic E-state index is 0.128. The summed E-state index contributed by atoms with van der Waals surface area (Å²) in [6.07, 6.45) is 0. The zero-order valence-electron chi connectivity index (χ0n) is 14.6. The second-order valence-electron chi connectivity index (χ2n) is 5.80. The molecule has 7 heteroatoms. The standard InChI is InChI=1S/C21H13ClF3NO2/c1-11(12-6-4-3-5-7-12)18-9-14(21(27)28-2)19(25)20(26-18)13-8-15(22)17(24)10-16(13)23/h3-10H,1H2,2H3. The fourth-order valence-corrected chi connectivity index (χ4v) is 2.78. The summed E-state index contributed by atoms with van der Waals surface area (Å²) < 4.78 is 47.4. The van der Waals surface area contributed by atoms with Gasteiger partial charge in [-0.15, -0.1) is 0 Å². The van der Waals surface area contributed by atoms with Crippen molar-refractivity contribution in [3.8, 4) is 11.3 Å². The Morgan fingerprint density at radius 3 is 2.39 bits per heavy atom. The third-order valence-electron chi connectivity index (χ3n) is 4.06. The normalized spacial score (nSPS) is 10.6. The number of nitrogens with zero attached hydrogens (tertiary/aromatic N) is 1. The molecule has 0 saturated heterocycles. The van der Waals surface area contributed by atoms with Gasteiger partial charge in [0.2, 0.25) is 0 Å². The smallest absolute Gasteiger partial charge is 0.341 e. The van der Waals surface area contributed by atoms with E-state index in [0.717, 1.165) is 13.2 Å². The average molecular weight is 404 g/mol. The van der Waals surface area contributed by atoms with E-state index in [9.17, 15) is 18.0 Å². The third kappa shape index (κ3) is 3.64. The van der Waals surface area contributed by atoms with Crippen LogP contribution in [0.4, 0.5) is 13.2 Å². The predicted molar refractivity (Wildman–Crippen MR) is 100 cm³/mol. The van der Waals surface area contributed by atoms with E-state index >= 15 is 0 Å². The molecule has 1 aromatic heterocycles. The Morgan fingerprint density at radius 2 is 1.75 bits per heavy atom. The molecule has 2 aromatic carbocycles. The summed E-state index contributed by atoms with van der Waals surface area (Å²) in [5.74, 6) is -4.16. The second-order valence-corrected chi connectivity index (χ2v) is 6.21. The van der Waals surface area contributed by atoms with Crippen molar-refractivity contribution in [2.24, 2.45) is 0 Å². The predicted octanol–water partition coefficient (Wildman–Crippen LogP) is 5.67. The molecule has 0 aliphatic heterocycles. The molecule has 0 fully saturated rings. The van der Waals surface area contributed by atoms with E-state index in [1.54, 1.807) is 30.3 Å². The highest BCUT2D eigenvalue weighted by atomic mass is 35.5. The Kier molecular flexibility index (Phi) is 5.51. The van der Waals surface area contributed by atoms with E-state index < -0.39 is 45.3 Å². The SMILES string of the molecule is C=C(c1ccccc1)c1cc(C(=O)OC)c(F)c(-c2cc(Cl)c(F)cc2F)n1. The van der Waals surface area contributed by atoms with E-state index in [1.165, 1.54) is 6.07 Å². The van der Waals surface area contributed by atoms with E-state index in [2.05, 4.69) is 16.3 Å². The molecule has 3 rings (SSSR count). The van der Waals surface area contributed by atoms with Gasteiger partial charge >= 0.3 is 5.97 Å². The van der Waals surface area contributed by atoms with Crippen LogP contribution in [-0.4, -0.2) is 18.1 Å². The number of esters is 1. The molecule has 0 bridgehead atoms. The minimum atomic E-state index is -1.11. The van der Waals surface area contributed by atoms with Crippen LogP contribution in [0.15, 0.2) is 55.1 Å². The maximum Gasteiger partial charge on any atom is 0.341 e. The Bertz CT molecular complexity index is 1080. The summed E-state index contributed by atoms with van der Waals surface area (Å²) >= 11 is 5.71. The van der Waals surface area contributed by atoms with Gasteiger partial charge in [-0.05, 0) is 17.7 Å². The monoisotopic (exact) mass is 403 g/mol. The van der Waals surface area contributed by atoms with Gasteiger partial charge in [0.1, 0.15) is 17.3 Å². The fraction of sp³-hybridized carbons (Fsp3) is 0.0476. The van der Waals surface area contributed by atoms with Crippen molar-refractivity contribution >= 4 is 23.1 Å². The zero-order chi connectivity index (χ0) is 20.4. The van der Waals surface area contributed by atoms with Gasteiger partial charge in [0, 0.05) is 17.2 Å². The molecule has 0 atom stereocenters. The highest BCUT2D eigenvalue weighted by Gasteiger charge is 2.24. The Morgan fingerprint density at radius 1 is 1.07 bits per heavy atom. The molecule has 28 heavy (non-hydrogen) atoms. The third-order valence-corrected chi connectivity index (χ3v) is 4.35. The number of pyridine rings is 1. The minimum Gasteiger partial charge on any atom is -0.465 e. The molecule has 0 saturated carbocycles. The lowest BCUT2D eigenvalue weighted by Gasteiger charge is -2.13.